The number of hydrogen-bond acceptors (Lipinski definition) is 6. The number of ketones is 1. The number of ether oxygens (including phenoxy) is 3. The van der Waals surface area contributed by atoms with Crippen LogP contribution in [0.3, 0.4) is 0 Å². The highest BCUT2D eigenvalue weighted by Crippen LogP contribution is 2.27. The smallest absolute Gasteiger partial charge is 0.349 e. The SMILES string of the molecule is COc1ccc(C(=O)COC(=O)/C(C#N)=C/c2ccc(C)cc2)cc1OC. The molecule has 0 unspecified atom stereocenters. The zero-order chi connectivity index (χ0) is 19.8. The Hall–Kier alpha value is -3.59. The van der Waals surface area contributed by atoms with Crippen LogP contribution in [0.5, 0.6) is 11.5 Å². The first kappa shape index (κ1) is 19.7. The summed E-state index contributed by atoms with van der Waals surface area (Å²) in [7, 11) is 2.95. The summed E-state index contributed by atoms with van der Waals surface area (Å²) in [6.07, 6.45) is 1.42. The van der Waals surface area contributed by atoms with Crippen LogP contribution in [-0.2, 0) is 9.53 Å². The number of aryl methyl sites for hydroxylation is 1. The van der Waals surface area contributed by atoms with E-state index in [1.54, 1.807) is 30.3 Å². The molecule has 2 aromatic rings. The van der Waals surface area contributed by atoms with Gasteiger partial charge >= 0.3 is 5.97 Å². The van der Waals surface area contributed by atoms with Crippen molar-refractivity contribution in [3.63, 3.8) is 0 Å². The summed E-state index contributed by atoms with van der Waals surface area (Å²) in [4.78, 5) is 24.3. The molecule has 0 saturated carbocycles. The molecule has 0 aliphatic heterocycles. The molecule has 27 heavy (non-hydrogen) atoms. The lowest BCUT2D eigenvalue weighted by atomic mass is 10.1. The van der Waals surface area contributed by atoms with Gasteiger partial charge in [-0.15, -0.1) is 0 Å². The zero-order valence-electron chi connectivity index (χ0n) is 15.3. The predicted molar refractivity (Wildman–Crippen MR) is 99.6 cm³/mol. The molecule has 0 N–H and O–H groups in total. The quantitative estimate of drug-likeness (QED) is 0.324. The van der Waals surface area contributed by atoms with Gasteiger partial charge < -0.3 is 14.2 Å². The number of esters is 1. The standard InChI is InChI=1S/C21H19NO5/c1-14-4-6-15(7-5-14)10-17(12-22)21(24)27-13-18(23)16-8-9-19(25-2)20(11-16)26-3/h4-11H,13H2,1-3H3/b17-10+. The van der Waals surface area contributed by atoms with Crippen molar-refractivity contribution in [2.75, 3.05) is 20.8 Å². The summed E-state index contributed by atoms with van der Waals surface area (Å²) >= 11 is 0. The Labute approximate surface area is 157 Å². The van der Waals surface area contributed by atoms with Crippen LogP contribution in [-0.4, -0.2) is 32.6 Å². The maximum atomic E-state index is 12.2. The zero-order valence-corrected chi connectivity index (χ0v) is 15.3. The van der Waals surface area contributed by atoms with Crippen LogP contribution in [0.2, 0.25) is 0 Å². The molecule has 0 radical (unpaired) electrons. The maximum absolute atomic E-state index is 12.2. The summed E-state index contributed by atoms with van der Waals surface area (Å²) in [6.45, 7) is 1.45. The van der Waals surface area contributed by atoms with Gasteiger partial charge in [0.1, 0.15) is 11.6 Å². The Morgan fingerprint density at radius 3 is 2.30 bits per heavy atom. The molecule has 0 aromatic heterocycles. The normalized spacial score (nSPS) is 10.7. The van der Waals surface area contributed by atoms with E-state index in [0.29, 0.717) is 22.6 Å². The molecule has 0 amide bonds. The van der Waals surface area contributed by atoms with Crippen LogP contribution in [0.1, 0.15) is 21.5 Å². The number of hydrogen-bond donors (Lipinski definition) is 0. The second-order valence-electron chi connectivity index (χ2n) is 5.65. The van der Waals surface area contributed by atoms with Gasteiger partial charge in [0.25, 0.3) is 0 Å². The van der Waals surface area contributed by atoms with E-state index in [1.165, 1.54) is 26.4 Å². The van der Waals surface area contributed by atoms with Gasteiger partial charge in [0.05, 0.1) is 14.2 Å². The van der Waals surface area contributed by atoms with Crippen molar-refractivity contribution in [3.8, 4) is 17.6 Å². The lowest BCUT2D eigenvalue weighted by Gasteiger charge is -2.09. The second-order valence-corrected chi connectivity index (χ2v) is 5.65. The van der Waals surface area contributed by atoms with E-state index in [9.17, 15) is 14.9 Å². The monoisotopic (exact) mass is 365 g/mol. The fourth-order valence-electron chi connectivity index (χ4n) is 2.27. The third-order valence-corrected chi connectivity index (χ3v) is 3.77. The Balaban J connectivity index is 2.06. The van der Waals surface area contributed by atoms with Gasteiger partial charge in [0, 0.05) is 5.56 Å². The van der Waals surface area contributed by atoms with Crippen LogP contribution in [0, 0.1) is 18.3 Å². The summed E-state index contributed by atoms with van der Waals surface area (Å²) in [6, 6.07) is 13.7. The molecule has 138 valence electrons. The van der Waals surface area contributed by atoms with Crippen molar-refractivity contribution in [2.24, 2.45) is 0 Å². The van der Waals surface area contributed by atoms with Crippen molar-refractivity contribution < 1.29 is 23.8 Å². The van der Waals surface area contributed by atoms with Gasteiger partial charge in [0.15, 0.2) is 23.9 Å². The molecule has 0 saturated heterocycles. The molecule has 0 fully saturated rings. The van der Waals surface area contributed by atoms with E-state index in [2.05, 4.69) is 0 Å². The second kappa shape index (κ2) is 9.20. The average Bonchev–Trinajstić information content (AvgIpc) is 2.70. The summed E-state index contributed by atoms with van der Waals surface area (Å²) in [5.74, 6) is -0.394. The topological polar surface area (TPSA) is 85.6 Å². The molecule has 6 heteroatoms. The van der Waals surface area contributed by atoms with E-state index >= 15 is 0 Å². The van der Waals surface area contributed by atoms with E-state index in [4.69, 9.17) is 14.2 Å². The van der Waals surface area contributed by atoms with Crippen molar-refractivity contribution >= 4 is 17.8 Å². The number of nitriles is 1. The Kier molecular flexibility index (Phi) is 6.73. The lowest BCUT2D eigenvalue weighted by molar-refractivity contribution is -0.137. The highest BCUT2D eigenvalue weighted by Gasteiger charge is 2.16. The number of nitrogens with zero attached hydrogens (tertiary/aromatic N) is 1. The average molecular weight is 365 g/mol. The first-order valence-electron chi connectivity index (χ1n) is 8.09. The Morgan fingerprint density at radius 2 is 1.70 bits per heavy atom. The summed E-state index contributed by atoms with van der Waals surface area (Å²) in [5, 5.41) is 9.19. The fraction of sp³-hybridized carbons (Fsp3) is 0.190. The molecule has 0 spiro atoms. The van der Waals surface area contributed by atoms with Gasteiger partial charge in [-0.3, -0.25) is 4.79 Å². The summed E-state index contributed by atoms with van der Waals surface area (Å²) in [5.41, 5.74) is 1.88. The number of Topliss-reactive ketones (excluding diaryl/α,β-unsaturated/α-hetero) is 1. The Morgan fingerprint density at radius 1 is 1.04 bits per heavy atom. The van der Waals surface area contributed by atoms with Crippen molar-refractivity contribution in [1.29, 1.82) is 5.26 Å². The molecule has 0 bridgehead atoms. The van der Waals surface area contributed by atoms with Gasteiger partial charge in [-0.1, -0.05) is 29.8 Å². The van der Waals surface area contributed by atoms with Crippen LogP contribution >= 0.6 is 0 Å². The van der Waals surface area contributed by atoms with Crippen LogP contribution < -0.4 is 9.47 Å². The summed E-state index contributed by atoms with van der Waals surface area (Å²) < 4.78 is 15.2. The van der Waals surface area contributed by atoms with Gasteiger partial charge in [0.2, 0.25) is 0 Å². The molecule has 2 rings (SSSR count). The Bertz CT molecular complexity index is 907. The van der Waals surface area contributed by atoms with Gasteiger partial charge in [-0.25, -0.2) is 4.79 Å². The van der Waals surface area contributed by atoms with E-state index in [1.807, 2.05) is 19.1 Å². The minimum Gasteiger partial charge on any atom is -0.493 e. The maximum Gasteiger partial charge on any atom is 0.349 e. The first-order valence-corrected chi connectivity index (χ1v) is 8.09. The largest absolute Gasteiger partial charge is 0.493 e. The highest BCUT2D eigenvalue weighted by atomic mass is 16.5. The van der Waals surface area contributed by atoms with E-state index < -0.39 is 18.4 Å². The molecular weight excluding hydrogens is 346 g/mol. The van der Waals surface area contributed by atoms with Gasteiger partial charge in [-0.05, 0) is 36.8 Å². The van der Waals surface area contributed by atoms with Crippen LogP contribution in [0.4, 0.5) is 0 Å². The van der Waals surface area contributed by atoms with Crippen molar-refractivity contribution in [3.05, 3.63) is 64.7 Å². The molecule has 0 atom stereocenters. The van der Waals surface area contributed by atoms with Crippen LogP contribution in [0.15, 0.2) is 48.0 Å². The number of rotatable bonds is 7. The molecule has 6 nitrogen and oxygen atoms in total. The molecule has 2 aromatic carbocycles. The van der Waals surface area contributed by atoms with E-state index in [-0.39, 0.29) is 5.57 Å². The minimum atomic E-state index is -0.855. The number of benzene rings is 2. The molecular formula is C21H19NO5. The first-order chi connectivity index (χ1) is 13.0. The molecule has 0 heterocycles. The van der Waals surface area contributed by atoms with Gasteiger partial charge in [-0.2, -0.15) is 5.26 Å². The number of carbonyl (C=O) groups excluding carboxylic acids is 2. The number of methoxy groups -OCH3 is 2. The lowest BCUT2D eigenvalue weighted by Crippen LogP contribution is -2.15. The predicted octanol–water partition coefficient (Wildman–Crippen LogP) is 3.35. The molecule has 0 aliphatic carbocycles. The van der Waals surface area contributed by atoms with E-state index in [0.717, 1.165) is 5.56 Å². The third-order valence-electron chi connectivity index (χ3n) is 3.77. The van der Waals surface area contributed by atoms with Crippen LogP contribution in [0.25, 0.3) is 6.08 Å². The molecule has 0 aliphatic rings. The minimum absolute atomic E-state index is 0.182. The van der Waals surface area contributed by atoms with Crippen molar-refractivity contribution in [1.82, 2.24) is 0 Å². The number of carbonyl (C=O) groups is 2. The highest BCUT2D eigenvalue weighted by molar-refractivity contribution is 6.02. The third kappa shape index (κ3) is 5.19. The fourth-order valence-corrected chi connectivity index (χ4v) is 2.27. The van der Waals surface area contributed by atoms with Crippen molar-refractivity contribution in [2.45, 2.75) is 6.92 Å².